The second-order valence-corrected chi connectivity index (χ2v) is 4.81. The molecular formula is C16H9ClF2N2O. The Bertz CT molecular complexity index is 825. The van der Waals surface area contributed by atoms with Crippen LogP contribution in [0.1, 0.15) is 11.5 Å². The minimum atomic E-state index is -0.748. The normalized spacial score (nSPS) is 11.2. The molecule has 0 fully saturated rings. The van der Waals surface area contributed by atoms with Gasteiger partial charge in [0.25, 0.3) is 5.89 Å². The molecule has 110 valence electrons. The van der Waals surface area contributed by atoms with Gasteiger partial charge in [0.05, 0.1) is 5.56 Å². The summed E-state index contributed by atoms with van der Waals surface area (Å²) in [5.74, 6) is -1.52. The van der Waals surface area contributed by atoms with Crippen molar-refractivity contribution in [1.82, 2.24) is 10.1 Å². The predicted molar refractivity (Wildman–Crippen MR) is 80.0 cm³/mol. The van der Waals surface area contributed by atoms with Gasteiger partial charge in [0.2, 0.25) is 5.82 Å². The van der Waals surface area contributed by atoms with Crippen molar-refractivity contribution < 1.29 is 13.3 Å². The maximum absolute atomic E-state index is 13.7. The number of rotatable bonds is 3. The van der Waals surface area contributed by atoms with Gasteiger partial charge in [0.15, 0.2) is 0 Å². The third kappa shape index (κ3) is 2.89. The summed E-state index contributed by atoms with van der Waals surface area (Å²) in [5, 5.41) is 4.16. The number of benzene rings is 2. The third-order valence-electron chi connectivity index (χ3n) is 2.94. The van der Waals surface area contributed by atoms with E-state index < -0.39 is 11.6 Å². The van der Waals surface area contributed by atoms with Crippen LogP contribution in [0.4, 0.5) is 8.78 Å². The van der Waals surface area contributed by atoms with E-state index >= 15 is 0 Å². The van der Waals surface area contributed by atoms with E-state index in [0.717, 1.165) is 17.7 Å². The molecule has 0 radical (unpaired) electrons. The Labute approximate surface area is 129 Å². The average molecular weight is 319 g/mol. The fraction of sp³-hybridized carbons (Fsp3) is 0. The summed E-state index contributed by atoms with van der Waals surface area (Å²) >= 11 is 6.02. The van der Waals surface area contributed by atoms with Gasteiger partial charge in [-0.1, -0.05) is 41.0 Å². The lowest BCUT2D eigenvalue weighted by Gasteiger charge is -1.97. The first-order chi connectivity index (χ1) is 10.6. The minimum Gasteiger partial charge on any atom is -0.334 e. The molecule has 6 heteroatoms. The van der Waals surface area contributed by atoms with Crippen molar-refractivity contribution in [3.05, 3.63) is 70.6 Å². The maximum Gasteiger partial charge on any atom is 0.250 e. The van der Waals surface area contributed by atoms with E-state index in [-0.39, 0.29) is 17.3 Å². The second-order valence-electron chi connectivity index (χ2n) is 4.41. The lowest BCUT2D eigenvalue weighted by molar-refractivity contribution is 0.410. The van der Waals surface area contributed by atoms with Gasteiger partial charge < -0.3 is 4.52 Å². The van der Waals surface area contributed by atoms with Crippen LogP contribution < -0.4 is 0 Å². The fourth-order valence-corrected chi connectivity index (χ4v) is 2.09. The van der Waals surface area contributed by atoms with Crippen LogP contribution in [0.2, 0.25) is 5.02 Å². The van der Waals surface area contributed by atoms with Crippen LogP contribution in [0.3, 0.4) is 0 Å². The molecule has 0 aliphatic carbocycles. The summed E-state index contributed by atoms with van der Waals surface area (Å²) in [7, 11) is 0. The molecule has 0 unspecified atom stereocenters. The Balaban J connectivity index is 1.90. The molecule has 1 heterocycles. The molecular weight excluding hydrogens is 310 g/mol. The average Bonchev–Trinajstić information content (AvgIpc) is 2.95. The first kappa shape index (κ1) is 14.4. The first-order valence-electron chi connectivity index (χ1n) is 6.36. The first-order valence-corrected chi connectivity index (χ1v) is 6.73. The molecule has 0 bridgehead atoms. The quantitative estimate of drug-likeness (QED) is 0.693. The molecule has 0 N–H and O–H groups in total. The molecule has 0 amide bonds. The van der Waals surface area contributed by atoms with Gasteiger partial charge in [0.1, 0.15) is 11.6 Å². The van der Waals surface area contributed by atoms with Crippen LogP contribution in [0, 0.1) is 11.6 Å². The third-order valence-corrected chi connectivity index (χ3v) is 3.28. The molecule has 0 aliphatic heterocycles. The largest absolute Gasteiger partial charge is 0.334 e. The van der Waals surface area contributed by atoms with Crippen molar-refractivity contribution in [3.63, 3.8) is 0 Å². The highest BCUT2D eigenvalue weighted by atomic mass is 35.5. The molecule has 0 atom stereocenters. The van der Waals surface area contributed by atoms with Crippen molar-refractivity contribution in [3.8, 4) is 11.4 Å². The lowest BCUT2D eigenvalue weighted by atomic mass is 10.2. The molecule has 1 aromatic heterocycles. The molecule has 22 heavy (non-hydrogen) atoms. The zero-order valence-corrected chi connectivity index (χ0v) is 11.9. The Morgan fingerprint density at radius 1 is 0.955 bits per heavy atom. The number of hydrogen-bond donors (Lipinski definition) is 0. The van der Waals surface area contributed by atoms with Gasteiger partial charge in [-0.2, -0.15) is 4.98 Å². The zero-order valence-electron chi connectivity index (χ0n) is 11.1. The zero-order chi connectivity index (χ0) is 15.5. The Morgan fingerprint density at radius 2 is 1.68 bits per heavy atom. The van der Waals surface area contributed by atoms with E-state index in [4.69, 9.17) is 16.1 Å². The summed E-state index contributed by atoms with van der Waals surface area (Å²) in [6.07, 6.45) is 3.20. The van der Waals surface area contributed by atoms with Crippen LogP contribution in [0.15, 0.2) is 47.0 Å². The van der Waals surface area contributed by atoms with Crippen LogP contribution in [0.25, 0.3) is 23.5 Å². The van der Waals surface area contributed by atoms with Gasteiger partial charge in [0, 0.05) is 11.1 Å². The number of aromatic nitrogens is 2. The van der Waals surface area contributed by atoms with Crippen molar-refractivity contribution in [1.29, 1.82) is 0 Å². The van der Waals surface area contributed by atoms with Crippen LogP contribution in [-0.2, 0) is 0 Å². The summed E-state index contributed by atoms with van der Waals surface area (Å²) in [6.45, 7) is 0. The van der Waals surface area contributed by atoms with E-state index in [1.165, 1.54) is 12.1 Å². The predicted octanol–water partition coefficient (Wildman–Crippen LogP) is 4.84. The van der Waals surface area contributed by atoms with Gasteiger partial charge >= 0.3 is 0 Å². The second kappa shape index (κ2) is 6.07. The molecule has 3 nitrogen and oxygen atoms in total. The van der Waals surface area contributed by atoms with Gasteiger partial charge in [-0.15, -0.1) is 0 Å². The molecule has 2 aromatic carbocycles. The van der Waals surface area contributed by atoms with E-state index in [0.29, 0.717) is 5.02 Å². The molecule has 0 spiro atoms. The molecule has 0 aliphatic rings. The summed E-state index contributed by atoms with van der Waals surface area (Å²) in [4.78, 5) is 3.96. The topological polar surface area (TPSA) is 38.9 Å². The molecule has 0 saturated heterocycles. The Morgan fingerprint density at radius 3 is 2.41 bits per heavy atom. The van der Waals surface area contributed by atoms with Crippen LogP contribution in [0.5, 0.6) is 0 Å². The highest BCUT2D eigenvalue weighted by molar-refractivity contribution is 6.32. The van der Waals surface area contributed by atoms with Crippen molar-refractivity contribution in [2.45, 2.75) is 0 Å². The Kier molecular flexibility index (Phi) is 3.98. The van der Waals surface area contributed by atoms with Gasteiger partial charge in [-0.05, 0) is 29.8 Å². The molecule has 0 saturated carbocycles. The van der Waals surface area contributed by atoms with E-state index in [1.807, 2.05) is 18.2 Å². The summed E-state index contributed by atoms with van der Waals surface area (Å²) in [6, 6.07) is 10.7. The van der Waals surface area contributed by atoms with Crippen LogP contribution >= 0.6 is 11.6 Å². The van der Waals surface area contributed by atoms with Crippen molar-refractivity contribution >= 4 is 23.8 Å². The van der Waals surface area contributed by atoms with E-state index in [1.54, 1.807) is 12.1 Å². The highest BCUT2D eigenvalue weighted by Gasteiger charge is 2.16. The fourth-order valence-electron chi connectivity index (χ4n) is 1.89. The monoisotopic (exact) mass is 318 g/mol. The minimum absolute atomic E-state index is 0.123. The van der Waals surface area contributed by atoms with Gasteiger partial charge in [-0.3, -0.25) is 0 Å². The number of nitrogens with zero attached hydrogens (tertiary/aromatic N) is 2. The van der Waals surface area contributed by atoms with Crippen molar-refractivity contribution in [2.24, 2.45) is 0 Å². The highest BCUT2D eigenvalue weighted by Crippen LogP contribution is 2.24. The number of halogens is 3. The summed E-state index contributed by atoms with van der Waals surface area (Å²) < 4.78 is 32.3. The standard InChI is InChI=1S/C16H9ClF2N2O/c17-11-5-2-1-4-10(11)8-9-14-20-16(21-22-14)15-12(18)6-3-7-13(15)19/h1-9H/b9-8+. The van der Waals surface area contributed by atoms with Gasteiger partial charge in [-0.25, -0.2) is 8.78 Å². The van der Waals surface area contributed by atoms with Crippen LogP contribution in [-0.4, -0.2) is 10.1 Å². The van der Waals surface area contributed by atoms with E-state index in [9.17, 15) is 8.78 Å². The van der Waals surface area contributed by atoms with Crippen molar-refractivity contribution in [2.75, 3.05) is 0 Å². The molecule has 3 rings (SSSR count). The molecule has 3 aromatic rings. The number of hydrogen-bond acceptors (Lipinski definition) is 3. The Hall–Kier alpha value is -2.53. The van der Waals surface area contributed by atoms with E-state index in [2.05, 4.69) is 10.1 Å². The lowest BCUT2D eigenvalue weighted by Crippen LogP contribution is -1.91. The summed E-state index contributed by atoms with van der Waals surface area (Å²) in [5.41, 5.74) is 0.449. The smallest absolute Gasteiger partial charge is 0.250 e. The maximum atomic E-state index is 13.7. The SMILES string of the molecule is Fc1cccc(F)c1-c1noc(/C=C/c2ccccc2Cl)n1.